The quantitative estimate of drug-likeness (QED) is 0.869. The normalized spacial score (nSPS) is 22.0. The van der Waals surface area contributed by atoms with Crippen LogP contribution in [0.15, 0.2) is 28.7 Å². The van der Waals surface area contributed by atoms with Crippen LogP contribution in [0.4, 0.5) is 0 Å². The van der Waals surface area contributed by atoms with Crippen molar-refractivity contribution in [3.63, 3.8) is 0 Å². The minimum atomic E-state index is -0.141. The van der Waals surface area contributed by atoms with Gasteiger partial charge in [0.25, 0.3) is 5.91 Å². The number of nitrogens with zero attached hydrogens (tertiary/aromatic N) is 1. The third-order valence-electron chi connectivity index (χ3n) is 5.57. The molecule has 2 aromatic rings. The Hall–Kier alpha value is -1.66. The van der Waals surface area contributed by atoms with Crippen molar-refractivity contribution in [3.05, 3.63) is 30.0 Å². The first kappa shape index (κ1) is 17.7. The van der Waals surface area contributed by atoms with Crippen LogP contribution in [0.3, 0.4) is 0 Å². The van der Waals surface area contributed by atoms with Gasteiger partial charge < -0.3 is 14.5 Å². The average molecular weight is 375 g/mol. The Morgan fingerprint density at radius 1 is 1.35 bits per heavy atom. The van der Waals surface area contributed by atoms with Crippen LogP contribution < -0.4 is 10.1 Å². The predicted molar refractivity (Wildman–Crippen MR) is 105 cm³/mol. The number of methoxy groups -OCH3 is 1. The zero-order valence-electron chi connectivity index (χ0n) is 15.2. The minimum Gasteiger partial charge on any atom is -0.493 e. The van der Waals surface area contributed by atoms with E-state index in [2.05, 4.69) is 22.0 Å². The summed E-state index contributed by atoms with van der Waals surface area (Å²) in [4.78, 5) is 15.1. The molecule has 5 nitrogen and oxygen atoms in total. The van der Waals surface area contributed by atoms with Crippen LogP contribution in [0, 0.1) is 5.92 Å². The molecule has 6 heteroatoms. The molecule has 2 fully saturated rings. The molecule has 0 saturated carbocycles. The number of likely N-dealkylation sites (tertiary alicyclic amines) is 1. The van der Waals surface area contributed by atoms with Crippen molar-refractivity contribution in [1.82, 2.24) is 10.2 Å². The molecule has 2 aliphatic rings. The number of nitrogens with one attached hydrogen (secondary N) is 1. The summed E-state index contributed by atoms with van der Waals surface area (Å²) >= 11 is 2.07. The van der Waals surface area contributed by atoms with Gasteiger partial charge in [0.2, 0.25) is 0 Å². The Morgan fingerprint density at radius 3 is 2.92 bits per heavy atom. The van der Waals surface area contributed by atoms with Crippen molar-refractivity contribution in [1.29, 1.82) is 0 Å². The largest absolute Gasteiger partial charge is 0.493 e. The highest BCUT2D eigenvalue weighted by Gasteiger charge is 2.27. The van der Waals surface area contributed by atoms with Gasteiger partial charge in [0.15, 0.2) is 17.1 Å². The van der Waals surface area contributed by atoms with Crippen LogP contribution in [0.1, 0.15) is 29.8 Å². The molecule has 140 valence electrons. The predicted octanol–water partition coefficient (Wildman–Crippen LogP) is 3.39. The molecule has 1 aromatic carbocycles. The second kappa shape index (κ2) is 7.92. The Bertz CT molecular complexity index is 762. The van der Waals surface area contributed by atoms with Crippen LogP contribution in [0.25, 0.3) is 11.0 Å². The fourth-order valence-corrected chi connectivity index (χ4v) is 5.22. The highest BCUT2D eigenvalue weighted by molar-refractivity contribution is 7.99. The van der Waals surface area contributed by atoms with E-state index in [-0.39, 0.29) is 5.91 Å². The minimum absolute atomic E-state index is 0.141. The lowest BCUT2D eigenvalue weighted by Crippen LogP contribution is -2.43. The van der Waals surface area contributed by atoms with E-state index in [0.717, 1.165) is 43.9 Å². The molecule has 3 heterocycles. The van der Waals surface area contributed by atoms with E-state index in [0.29, 0.717) is 23.0 Å². The molecule has 1 N–H and O–H groups in total. The van der Waals surface area contributed by atoms with E-state index in [1.54, 1.807) is 13.2 Å². The standard InChI is InChI=1S/C20H26N2O3S/c1-24-17-4-2-3-15-11-18(25-19(15)17)20(23)21-12-14-5-8-22(9-6-14)16-7-10-26-13-16/h2-4,11,14,16H,5-10,12-13H2,1H3,(H,21,23)/t16-/m1/s1. The smallest absolute Gasteiger partial charge is 0.287 e. The van der Waals surface area contributed by atoms with Crippen molar-refractivity contribution in [2.45, 2.75) is 25.3 Å². The summed E-state index contributed by atoms with van der Waals surface area (Å²) in [6.45, 7) is 3.04. The lowest BCUT2D eigenvalue weighted by molar-refractivity contribution is 0.0903. The molecule has 1 atom stereocenters. The van der Waals surface area contributed by atoms with Gasteiger partial charge in [-0.2, -0.15) is 11.8 Å². The molecule has 0 bridgehead atoms. The van der Waals surface area contributed by atoms with Crippen molar-refractivity contribution in [2.75, 3.05) is 38.2 Å². The maximum Gasteiger partial charge on any atom is 0.287 e. The maximum atomic E-state index is 12.5. The molecule has 0 unspecified atom stereocenters. The summed E-state index contributed by atoms with van der Waals surface area (Å²) in [6.07, 6.45) is 3.66. The highest BCUT2D eigenvalue weighted by Crippen LogP contribution is 2.29. The highest BCUT2D eigenvalue weighted by atomic mass is 32.2. The summed E-state index contributed by atoms with van der Waals surface area (Å²) in [5, 5.41) is 3.94. The number of amides is 1. The number of fused-ring (bicyclic) bond motifs is 1. The van der Waals surface area contributed by atoms with Crippen molar-refractivity contribution in [2.24, 2.45) is 5.92 Å². The Labute approximate surface area is 158 Å². The van der Waals surface area contributed by atoms with Gasteiger partial charge in [-0.1, -0.05) is 12.1 Å². The first-order valence-electron chi connectivity index (χ1n) is 9.41. The number of hydrogen-bond donors (Lipinski definition) is 1. The van der Waals surface area contributed by atoms with Gasteiger partial charge in [0, 0.05) is 23.7 Å². The van der Waals surface area contributed by atoms with E-state index in [9.17, 15) is 4.79 Å². The Balaban J connectivity index is 1.30. The summed E-state index contributed by atoms with van der Waals surface area (Å²) in [5.41, 5.74) is 0.628. The number of ether oxygens (including phenoxy) is 1. The molecule has 26 heavy (non-hydrogen) atoms. The zero-order chi connectivity index (χ0) is 17.9. The number of thioether (sulfide) groups is 1. The molecule has 1 amide bonds. The van der Waals surface area contributed by atoms with Crippen LogP contribution >= 0.6 is 11.8 Å². The molecule has 2 saturated heterocycles. The van der Waals surface area contributed by atoms with Gasteiger partial charge in [-0.25, -0.2) is 0 Å². The van der Waals surface area contributed by atoms with Crippen LogP contribution in [-0.4, -0.2) is 55.1 Å². The maximum absolute atomic E-state index is 12.5. The number of piperidine rings is 1. The molecular weight excluding hydrogens is 348 g/mol. The first-order valence-corrected chi connectivity index (χ1v) is 10.6. The fraction of sp³-hybridized carbons (Fsp3) is 0.550. The molecule has 0 aliphatic carbocycles. The summed E-state index contributed by atoms with van der Waals surface area (Å²) < 4.78 is 11.0. The van der Waals surface area contributed by atoms with E-state index in [4.69, 9.17) is 9.15 Å². The topological polar surface area (TPSA) is 54.7 Å². The lowest BCUT2D eigenvalue weighted by atomic mass is 9.95. The summed E-state index contributed by atoms with van der Waals surface area (Å²) in [6, 6.07) is 8.23. The lowest BCUT2D eigenvalue weighted by Gasteiger charge is -2.35. The Kier molecular flexibility index (Phi) is 5.41. The van der Waals surface area contributed by atoms with E-state index >= 15 is 0 Å². The second-order valence-electron chi connectivity index (χ2n) is 7.20. The van der Waals surface area contributed by atoms with Crippen molar-refractivity contribution >= 4 is 28.6 Å². The number of para-hydroxylation sites is 1. The van der Waals surface area contributed by atoms with Gasteiger partial charge in [0.1, 0.15) is 0 Å². The third-order valence-corrected chi connectivity index (χ3v) is 6.72. The summed E-state index contributed by atoms with van der Waals surface area (Å²) in [5.74, 6) is 4.02. The zero-order valence-corrected chi connectivity index (χ0v) is 16.0. The number of carbonyl (C=O) groups excluding carboxylic acids is 1. The van der Waals surface area contributed by atoms with Gasteiger partial charge in [0.05, 0.1) is 7.11 Å². The van der Waals surface area contributed by atoms with E-state index in [1.807, 2.05) is 18.2 Å². The second-order valence-corrected chi connectivity index (χ2v) is 8.35. The van der Waals surface area contributed by atoms with Crippen LogP contribution in [-0.2, 0) is 0 Å². The van der Waals surface area contributed by atoms with Crippen molar-refractivity contribution < 1.29 is 13.9 Å². The fourth-order valence-electron chi connectivity index (χ4n) is 3.97. The molecule has 4 rings (SSSR count). The number of furan rings is 1. The summed E-state index contributed by atoms with van der Waals surface area (Å²) in [7, 11) is 1.60. The monoisotopic (exact) mass is 374 g/mol. The van der Waals surface area contributed by atoms with Gasteiger partial charge in [-0.3, -0.25) is 9.69 Å². The molecule has 0 spiro atoms. The van der Waals surface area contributed by atoms with Gasteiger partial charge in [-0.15, -0.1) is 0 Å². The number of hydrogen-bond acceptors (Lipinski definition) is 5. The number of carbonyl (C=O) groups is 1. The number of benzene rings is 1. The van der Waals surface area contributed by atoms with Gasteiger partial charge >= 0.3 is 0 Å². The SMILES string of the molecule is COc1cccc2cc(C(=O)NCC3CCN([C@@H]4CCSC4)CC3)oc12. The van der Waals surface area contributed by atoms with Crippen LogP contribution in [0.5, 0.6) is 5.75 Å². The molecule has 0 radical (unpaired) electrons. The van der Waals surface area contributed by atoms with Gasteiger partial charge in [-0.05, 0) is 56.2 Å². The first-order chi connectivity index (χ1) is 12.7. The van der Waals surface area contributed by atoms with E-state index < -0.39 is 0 Å². The molecule has 2 aliphatic heterocycles. The third kappa shape index (κ3) is 3.71. The Morgan fingerprint density at radius 2 is 2.19 bits per heavy atom. The molecule has 1 aromatic heterocycles. The molecular formula is C20H26N2O3S. The number of rotatable bonds is 5. The van der Waals surface area contributed by atoms with Crippen LogP contribution in [0.2, 0.25) is 0 Å². The van der Waals surface area contributed by atoms with E-state index in [1.165, 1.54) is 17.9 Å². The average Bonchev–Trinajstić information content (AvgIpc) is 3.35. The van der Waals surface area contributed by atoms with Crippen molar-refractivity contribution in [3.8, 4) is 5.75 Å².